The minimum atomic E-state index is -0.360. The van der Waals surface area contributed by atoms with Gasteiger partial charge < -0.3 is 20.3 Å². The summed E-state index contributed by atoms with van der Waals surface area (Å²) >= 11 is 5.99. The molecule has 0 bridgehead atoms. The fourth-order valence-corrected chi connectivity index (χ4v) is 2.32. The second kappa shape index (κ2) is 8.64. The Balaban J connectivity index is 2.16. The molecule has 25 heavy (non-hydrogen) atoms. The van der Waals surface area contributed by atoms with Crippen LogP contribution in [0.5, 0.6) is 5.75 Å². The Bertz CT molecular complexity index is 752. The predicted octanol–water partition coefficient (Wildman–Crippen LogP) is 2.67. The van der Waals surface area contributed by atoms with Gasteiger partial charge in [-0.25, -0.2) is 9.97 Å². The van der Waals surface area contributed by atoms with Gasteiger partial charge in [-0.05, 0) is 39.2 Å². The molecule has 0 saturated carbocycles. The van der Waals surface area contributed by atoms with Crippen molar-refractivity contribution in [1.29, 1.82) is 0 Å². The first kappa shape index (κ1) is 19.0. The Morgan fingerprint density at radius 3 is 2.72 bits per heavy atom. The quantitative estimate of drug-likeness (QED) is 0.787. The number of nitrogens with one attached hydrogen (secondary N) is 2. The summed E-state index contributed by atoms with van der Waals surface area (Å²) in [5, 5.41) is 6.46. The molecule has 0 atom stereocenters. The van der Waals surface area contributed by atoms with Gasteiger partial charge in [0.25, 0.3) is 5.91 Å². The average Bonchev–Trinajstić information content (AvgIpc) is 2.54. The number of aromatic nitrogens is 2. The third-order valence-electron chi connectivity index (χ3n) is 3.35. The van der Waals surface area contributed by atoms with E-state index in [1.165, 1.54) is 7.11 Å². The average molecular weight is 364 g/mol. The second-order valence-corrected chi connectivity index (χ2v) is 6.15. The van der Waals surface area contributed by atoms with Crippen molar-refractivity contribution >= 4 is 29.0 Å². The minimum absolute atomic E-state index is 0.266. The summed E-state index contributed by atoms with van der Waals surface area (Å²) in [5.74, 6) is 1.28. The van der Waals surface area contributed by atoms with E-state index in [4.69, 9.17) is 16.3 Å². The first-order valence-corrected chi connectivity index (χ1v) is 8.16. The number of hydrogen-bond acceptors (Lipinski definition) is 6. The molecule has 1 aromatic carbocycles. The highest BCUT2D eigenvalue weighted by Crippen LogP contribution is 2.28. The van der Waals surface area contributed by atoms with E-state index in [0.717, 1.165) is 6.54 Å². The first-order valence-electron chi connectivity index (χ1n) is 7.78. The van der Waals surface area contributed by atoms with Gasteiger partial charge in [-0.3, -0.25) is 4.79 Å². The molecule has 1 aromatic heterocycles. The third kappa shape index (κ3) is 5.58. The lowest BCUT2D eigenvalue weighted by Crippen LogP contribution is -2.22. The van der Waals surface area contributed by atoms with Crippen LogP contribution in [0.4, 0.5) is 11.5 Å². The Morgan fingerprint density at radius 1 is 1.28 bits per heavy atom. The number of anilines is 2. The molecule has 7 nitrogen and oxygen atoms in total. The molecule has 0 aliphatic carbocycles. The Hall–Kier alpha value is -2.38. The molecular weight excluding hydrogens is 342 g/mol. The second-order valence-electron chi connectivity index (χ2n) is 5.71. The summed E-state index contributed by atoms with van der Waals surface area (Å²) < 4.78 is 5.24. The number of amides is 1. The number of ether oxygens (including phenoxy) is 1. The van der Waals surface area contributed by atoms with Crippen LogP contribution in [-0.4, -0.2) is 55.1 Å². The number of nitrogens with zero attached hydrogens (tertiary/aromatic N) is 3. The maximum Gasteiger partial charge on any atom is 0.274 e. The van der Waals surface area contributed by atoms with Crippen LogP contribution in [0.3, 0.4) is 0 Å². The summed E-state index contributed by atoms with van der Waals surface area (Å²) in [7, 11) is 5.51. The molecule has 2 rings (SSSR count). The number of likely N-dealkylation sites (N-methyl/N-ethyl adjacent to an activating group) is 1. The van der Waals surface area contributed by atoms with Crippen LogP contribution < -0.4 is 15.4 Å². The van der Waals surface area contributed by atoms with Crippen molar-refractivity contribution in [3.05, 3.63) is 40.8 Å². The van der Waals surface area contributed by atoms with Gasteiger partial charge in [0.05, 0.1) is 12.8 Å². The fourth-order valence-electron chi connectivity index (χ4n) is 2.15. The molecule has 0 spiro atoms. The van der Waals surface area contributed by atoms with Crippen LogP contribution in [0.1, 0.15) is 16.3 Å². The molecule has 2 N–H and O–H groups in total. The van der Waals surface area contributed by atoms with E-state index >= 15 is 0 Å². The molecule has 8 heteroatoms. The summed E-state index contributed by atoms with van der Waals surface area (Å²) in [6, 6.07) is 6.63. The topological polar surface area (TPSA) is 79.4 Å². The van der Waals surface area contributed by atoms with Gasteiger partial charge in [-0.15, -0.1) is 0 Å². The van der Waals surface area contributed by atoms with E-state index in [1.54, 1.807) is 31.2 Å². The molecule has 134 valence electrons. The lowest BCUT2D eigenvalue weighted by atomic mass is 10.2. The van der Waals surface area contributed by atoms with Crippen molar-refractivity contribution in [2.45, 2.75) is 6.92 Å². The summed E-state index contributed by atoms with van der Waals surface area (Å²) in [5.41, 5.74) is 0.750. The zero-order chi connectivity index (χ0) is 18.4. The number of carbonyl (C=O) groups excluding carboxylic acids is 1. The van der Waals surface area contributed by atoms with E-state index in [0.29, 0.717) is 34.6 Å². The Labute approximate surface area is 152 Å². The van der Waals surface area contributed by atoms with Crippen molar-refractivity contribution in [3.63, 3.8) is 0 Å². The summed E-state index contributed by atoms with van der Waals surface area (Å²) in [4.78, 5) is 23.1. The van der Waals surface area contributed by atoms with Gasteiger partial charge >= 0.3 is 0 Å². The smallest absolute Gasteiger partial charge is 0.274 e. The Kier molecular flexibility index (Phi) is 6.55. The molecule has 1 heterocycles. The van der Waals surface area contributed by atoms with Crippen molar-refractivity contribution in [2.75, 3.05) is 44.9 Å². The predicted molar refractivity (Wildman–Crippen MR) is 99.8 cm³/mol. The zero-order valence-electron chi connectivity index (χ0n) is 14.8. The highest BCUT2D eigenvalue weighted by atomic mass is 35.5. The first-order chi connectivity index (χ1) is 11.9. The van der Waals surface area contributed by atoms with Crippen LogP contribution in [0.25, 0.3) is 0 Å². The number of benzene rings is 1. The lowest BCUT2D eigenvalue weighted by molar-refractivity contribution is 0.102. The standard InChI is InChI=1S/C17H22ClN5O2/c1-11-20-14(10-16(21-11)19-7-8-23(2)3)17(24)22-13-9-12(18)5-6-15(13)25-4/h5-6,9-10H,7-8H2,1-4H3,(H,22,24)(H,19,20,21). The summed E-state index contributed by atoms with van der Waals surface area (Å²) in [6.45, 7) is 3.31. The number of hydrogen-bond donors (Lipinski definition) is 2. The SMILES string of the molecule is COc1ccc(Cl)cc1NC(=O)c1cc(NCCN(C)C)nc(C)n1. The Morgan fingerprint density at radius 2 is 2.04 bits per heavy atom. The van der Waals surface area contributed by atoms with Crippen molar-refractivity contribution in [3.8, 4) is 5.75 Å². The number of methoxy groups -OCH3 is 1. The molecule has 0 aliphatic heterocycles. The van der Waals surface area contributed by atoms with Gasteiger partial charge in [-0.2, -0.15) is 0 Å². The van der Waals surface area contributed by atoms with E-state index in [-0.39, 0.29) is 11.6 Å². The van der Waals surface area contributed by atoms with Crippen LogP contribution in [0, 0.1) is 6.92 Å². The maximum atomic E-state index is 12.5. The van der Waals surface area contributed by atoms with Crippen LogP contribution in [0.2, 0.25) is 5.02 Å². The lowest BCUT2D eigenvalue weighted by Gasteiger charge is -2.13. The van der Waals surface area contributed by atoms with Gasteiger partial charge in [0.1, 0.15) is 23.1 Å². The van der Waals surface area contributed by atoms with Crippen LogP contribution >= 0.6 is 11.6 Å². The van der Waals surface area contributed by atoms with Gasteiger partial charge in [-0.1, -0.05) is 11.6 Å². The number of halogens is 1. The number of carbonyl (C=O) groups is 1. The van der Waals surface area contributed by atoms with Crippen molar-refractivity contribution in [2.24, 2.45) is 0 Å². The minimum Gasteiger partial charge on any atom is -0.495 e. The fraction of sp³-hybridized carbons (Fsp3) is 0.353. The third-order valence-corrected chi connectivity index (χ3v) is 3.58. The normalized spacial score (nSPS) is 10.6. The van der Waals surface area contributed by atoms with Crippen LogP contribution in [-0.2, 0) is 0 Å². The molecular formula is C17H22ClN5O2. The molecule has 1 amide bonds. The zero-order valence-corrected chi connectivity index (χ0v) is 15.5. The van der Waals surface area contributed by atoms with E-state index < -0.39 is 0 Å². The van der Waals surface area contributed by atoms with E-state index in [9.17, 15) is 4.79 Å². The van der Waals surface area contributed by atoms with Gasteiger partial charge in [0.15, 0.2) is 0 Å². The largest absolute Gasteiger partial charge is 0.495 e. The van der Waals surface area contributed by atoms with Crippen LogP contribution in [0.15, 0.2) is 24.3 Å². The highest BCUT2D eigenvalue weighted by molar-refractivity contribution is 6.31. The van der Waals surface area contributed by atoms with Crippen molar-refractivity contribution in [1.82, 2.24) is 14.9 Å². The van der Waals surface area contributed by atoms with Gasteiger partial charge in [0, 0.05) is 24.2 Å². The maximum absolute atomic E-state index is 12.5. The monoisotopic (exact) mass is 363 g/mol. The molecule has 0 aliphatic rings. The highest BCUT2D eigenvalue weighted by Gasteiger charge is 2.13. The van der Waals surface area contributed by atoms with Crippen molar-refractivity contribution < 1.29 is 9.53 Å². The number of rotatable bonds is 7. The van der Waals surface area contributed by atoms with Gasteiger partial charge in [0.2, 0.25) is 0 Å². The van der Waals surface area contributed by atoms with E-state index in [1.807, 2.05) is 14.1 Å². The molecule has 0 fully saturated rings. The van der Waals surface area contributed by atoms with E-state index in [2.05, 4.69) is 25.5 Å². The molecule has 0 unspecified atom stereocenters. The molecule has 0 radical (unpaired) electrons. The number of aryl methyl sites for hydroxylation is 1. The summed E-state index contributed by atoms with van der Waals surface area (Å²) in [6.07, 6.45) is 0. The molecule has 0 saturated heterocycles. The molecule has 2 aromatic rings.